The lowest BCUT2D eigenvalue weighted by Gasteiger charge is -2.24. The molecule has 4 aromatic rings. The topological polar surface area (TPSA) is 157 Å². The van der Waals surface area contributed by atoms with Crippen molar-refractivity contribution in [2.24, 2.45) is 10.9 Å². The van der Waals surface area contributed by atoms with Crippen LogP contribution in [0.1, 0.15) is 16.1 Å². The zero-order valence-corrected chi connectivity index (χ0v) is 19.8. The number of primary sulfonamides is 1. The molecular formula is C23H20F3N7O3S. The highest BCUT2D eigenvalue weighted by Gasteiger charge is 2.28. The molecule has 1 amide bonds. The number of pyridine rings is 1. The number of nitrogens with two attached hydrogens (primary N) is 2. The number of carbonyl (C=O) groups is 1. The van der Waals surface area contributed by atoms with Crippen molar-refractivity contribution < 1.29 is 26.4 Å². The Labute approximate surface area is 209 Å². The number of amides is 1. The van der Waals surface area contributed by atoms with Crippen molar-refractivity contribution in [2.75, 3.05) is 16.8 Å². The molecule has 0 radical (unpaired) electrons. The van der Waals surface area contributed by atoms with Crippen LogP contribution < -0.4 is 21.1 Å². The van der Waals surface area contributed by atoms with Gasteiger partial charge in [-0.3, -0.25) is 4.79 Å². The molecule has 0 aliphatic rings. The van der Waals surface area contributed by atoms with Crippen molar-refractivity contribution in [2.45, 2.75) is 17.6 Å². The van der Waals surface area contributed by atoms with Crippen LogP contribution in [0.4, 0.5) is 30.6 Å². The zero-order chi connectivity index (χ0) is 26.8. The molecule has 10 nitrogen and oxygen atoms in total. The number of fused-ring (bicyclic) bond motifs is 1. The highest BCUT2D eigenvalue weighted by Crippen LogP contribution is 2.30. The Morgan fingerprint density at radius 2 is 1.62 bits per heavy atom. The first kappa shape index (κ1) is 25.8. The molecular weight excluding hydrogens is 511 g/mol. The number of aromatic nitrogens is 3. The number of para-hydroxylation sites is 1. The summed E-state index contributed by atoms with van der Waals surface area (Å²) in [5.74, 6) is -1.07. The number of hydrogen-bond donors (Lipinski definition) is 3. The Bertz CT molecular complexity index is 1550. The molecule has 0 saturated heterocycles. The van der Waals surface area contributed by atoms with E-state index in [0.717, 1.165) is 0 Å². The molecule has 0 atom stereocenters. The minimum Gasteiger partial charge on any atom is -0.364 e. The molecule has 0 saturated carbocycles. The summed E-state index contributed by atoms with van der Waals surface area (Å²) in [7, 11) is -3.89. The number of nitrogens with zero attached hydrogens (tertiary/aromatic N) is 4. The molecule has 0 bridgehead atoms. The van der Waals surface area contributed by atoms with E-state index in [2.05, 4.69) is 20.3 Å². The Kier molecular flexibility index (Phi) is 6.96. The molecule has 37 heavy (non-hydrogen) atoms. The van der Waals surface area contributed by atoms with E-state index in [1.54, 1.807) is 47.4 Å². The predicted octanol–water partition coefficient (Wildman–Crippen LogP) is 3.08. The van der Waals surface area contributed by atoms with Gasteiger partial charge in [0.25, 0.3) is 5.91 Å². The van der Waals surface area contributed by atoms with E-state index >= 15 is 0 Å². The number of benzene rings is 2. The van der Waals surface area contributed by atoms with Gasteiger partial charge in [0, 0.05) is 5.69 Å². The normalized spacial score (nSPS) is 11.9. The third-order valence-corrected chi connectivity index (χ3v) is 6.07. The highest BCUT2D eigenvalue weighted by molar-refractivity contribution is 7.89. The summed E-state index contributed by atoms with van der Waals surface area (Å²) in [6.07, 6.45) is -4.55. The minimum absolute atomic E-state index is 0.0347. The maximum atomic E-state index is 13.0. The Morgan fingerprint density at radius 3 is 2.22 bits per heavy atom. The van der Waals surface area contributed by atoms with Crippen LogP contribution in [-0.4, -0.2) is 42.0 Å². The van der Waals surface area contributed by atoms with Gasteiger partial charge in [0.05, 0.1) is 17.0 Å². The number of nitrogens with one attached hydrogen (secondary N) is 1. The second kappa shape index (κ2) is 9.99. The first-order valence-corrected chi connectivity index (χ1v) is 12.2. The number of rotatable bonds is 8. The van der Waals surface area contributed by atoms with Gasteiger partial charge in [0.15, 0.2) is 5.82 Å². The number of primary amides is 1. The van der Waals surface area contributed by atoms with Gasteiger partial charge in [-0.1, -0.05) is 30.3 Å². The van der Waals surface area contributed by atoms with Crippen LogP contribution in [0.3, 0.4) is 0 Å². The van der Waals surface area contributed by atoms with E-state index in [1.807, 2.05) is 0 Å². The summed E-state index contributed by atoms with van der Waals surface area (Å²) >= 11 is 0. The molecule has 0 unspecified atom stereocenters. The number of anilines is 3. The SMILES string of the molecule is NC(=O)c1ccc2nc(N(Cc3ccc(S(N)(=O)=O)cc3)c3ccccc3)nc(NCC(F)(F)F)c2n1. The zero-order valence-electron chi connectivity index (χ0n) is 19.0. The number of hydrogen-bond acceptors (Lipinski definition) is 8. The molecule has 0 fully saturated rings. The van der Waals surface area contributed by atoms with E-state index in [1.165, 1.54) is 24.3 Å². The van der Waals surface area contributed by atoms with Gasteiger partial charge in [-0.2, -0.15) is 18.2 Å². The van der Waals surface area contributed by atoms with Gasteiger partial charge in [-0.15, -0.1) is 0 Å². The van der Waals surface area contributed by atoms with Gasteiger partial charge in [0.2, 0.25) is 16.0 Å². The van der Waals surface area contributed by atoms with Crippen molar-refractivity contribution in [1.29, 1.82) is 0 Å². The van der Waals surface area contributed by atoms with Crippen LogP contribution >= 0.6 is 0 Å². The van der Waals surface area contributed by atoms with Crippen LogP contribution in [0.25, 0.3) is 11.0 Å². The molecule has 0 aliphatic heterocycles. The molecule has 2 aromatic heterocycles. The van der Waals surface area contributed by atoms with Crippen LogP contribution in [0.2, 0.25) is 0 Å². The van der Waals surface area contributed by atoms with E-state index < -0.39 is 28.7 Å². The maximum Gasteiger partial charge on any atom is 0.405 e. The van der Waals surface area contributed by atoms with E-state index in [-0.39, 0.29) is 39.9 Å². The van der Waals surface area contributed by atoms with Crippen LogP contribution in [0.15, 0.2) is 71.6 Å². The fourth-order valence-corrected chi connectivity index (χ4v) is 3.94. The Morgan fingerprint density at radius 1 is 0.946 bits per heavy atom. The maximum absolute atomic E-state index is 13.0. The first-order chi connectivity index (χ1) is 17.4. The molecule has 0 spiro atoms. The smallest absolute Gasteiger partial charge is 0.364 e. The van der Waals surface area contributed by atoms with Gasteiger partial charge < -0.3 is 16.0 Å². The Balaban J connectivity index is 1.83. The highest BCUT2D eigenvalue weighted by atomic mass is 32.2. The number of alkyl halides is 3. The summed E-state index contributed by atoms with van der Waals surface area (Å²) in [5.41, 5.74) is 6.49. The molecule has 2 aromatic carbocycles. The van der Waals surface area contributed by atoms with Crippen molar-refractivity contribution in [1.82, 2.24) is 15.0 Å². The molecule has 5 N–H and O–H groups in total. The van der Waals surface area contributed by atoms with E-state index in [9.17, 15) is 26.4 Å². The minimum atomic E-state index is -4.55. The van der Waals surface area contributed by atoms with Crippen molar-refractivity contribution in [3.63, 3.8) is 0 Å². The lowest BCUT2D eigenvalue weighted by molar-refractivity contribution is -0.115. The quantitative estimate of drug-likeness (QED) is 0.313. The average Bonchev–Trinajstić information content (AvgIpc) is 2.85. The van der Waals surface area contributed by atoms with Crippen molar-refractivity contribution >= 4 is 44.4 Å². The number of carbonyl (C=O) groups excluding carboxylic acids is 1. The molecule has 0 aliphatic carbocycles. The summed E-state index contributed by atoms with van der Waals surface area (Å²) in [6.45, 7) is -1.27. The first-order valence-electron chi connectivity index (χ1n) is 10.6. The van der Waals surface area contributed by atoms with E-state index in [0.29, 0.717) is 11.3 Å². The summed E-state index contributed by atoms with van der Waals surface area (Å²) in [6, 6.07) is 17.3. The standard InChI is InChI=1S/C23H20F3N7O3S/c24-23(25,26)13-29-21-19-17(10-11-18(30-19)20(27)34)31-22(32-21)33(15-4-2-1-3-5-15)12-14-6-8-16(9-7-14)37(28,35)36/h1-11H,12-13H2,(H2,27,34)(H2,28,35,36)(H,29,31,32). The van der Waals surface area contributed by atoms with Crippen LogP contribution in [0.5, 0.6) is 0 Å². The summed E-state index contributed by atoms with van der Waals surface area (Å²) in [5, 5.41) is 7.40. The fourth-order valence-electron chi connectivity index (χ4n) is 3.42. The van der Waals surface area contributed by atoms with Crippen molar-refractivity contribution in [3.8, 4) is 0 Å². The monoisotopic (exact) mass is 531 g/mol. The lowest BCUT2D eigenvalue weighted by atomic mass is 10.2. The Hall–Kier alpha value is -4.30. The summed E-state index contributed by atoms with van der Waals surface area (Å²) < 4.78 is 62.2. The largest absolute Gasteiger partial charge is 0.405 e. The molecule has 2 heterocycles. The number of halogens is 3. The van der Waals surface area contributed by atoms with Crippen molar-refractivity contribution in [3.05, 3.63) is 78.0 Å². The lowest BCUT2D eigenvalue weighted by Crippen LogP contribution is -2.24. The van der Waals surface area contributed by atoms with Gasteiger partial charge >= 0.3 is 6.18 Å². The molecule has 4 rings (SSSR count). The van der Waals surface area contributed by atoms with Crippen LogP contribution in [0, 0.1) is 0 Å². The fraction of sp³-hybridized carbons (Fsp3) is 0.130. The third kappa shape index (κ3) is 6.29. The number of sulfonamides is 1. The summed E-state index contributed by atoms with van der Waals surface area (Å²) in [4.78, 5) is 26.0. The molecule has 14 heteroatoms. The second-order valence-electron chi connectivity index (χ2n) is 7.88. The van der Waals surface area contributed by atoms with Gasteiger partial charge in [-0.25, -0.2) is 23.5 Å². The van der Waals surface area contributed by atoms with Gasteiger partial charge in [0.1, 0.15) is 17.8 Å². The van der Waals surface area contributed by atoms with E-state index in [4.69, 9.17) is 10.9 Å². The van der Waals surface area contributed by atoms with Crippen LogP contribution in [-0.2, 0) is 16.6 Å². The molecule has 192 valence electrons. The van der Waals surface area contributed by atoms with Gasteiger partial charge in [-0.05, 0) is 42.0 Å². The average molecular weight is 532 g/mol. The third-order valence-electron chi connectivity index (χ3n) is 5.14. The second-order valence-corrected chi connectivity index (χ2v) is 9.44. The predicted molar refractivity (Wildman–Crippen MR) is 130 cm³/mol.